The van der Waals surface area contributed by atoms with Crippen LogP contribution in [0.25, 0.3) is 0 Å². The first-order valence-electron chi connectivity index (χ1n) is 8.66. The van der Waals surface area contributed by atoms with Crippen molar-refractivity contribution in [2.24, 2.45) is 0 Å². The number of hydrogen-bond donors (Lipinski definition) is 1. The molecule has 0 unspecified atom stereocenters. The molecule has 0 saturated carbocycles. The van der Waals surface area contributed by atoms with Crippen LogP contribution in [0, 0.1) is 20.8 Å². The summed E-state index contributed by atoms with van der Waals surface area (Å²) in [5.74, 6) is 2.88. The molecule has 7 nitrogen and oxygen atoms in total. The summed E-state index contributed by atoms with van der Waals surface area (Å²) in [5, 5.41) is 4.21. The molecule has 1 atom stereocenters. The van der Waals surface area contributed by atoms with Crippen LogP contribution < -0.4 is 10.2 Å². The van der Waals surface area contributed by atoms with Crippen LogP contribution in [0.15, 0.2) is 24.7 Å². The van der Waals surface area contributed by atoms with E-state index in [0.29, 0.717) is 0 Å². The number of aromatic nitrogens is 5. The van der Waals surface area contributed by atoms with Crippen molar-refractivity contribution < 1.29 is 0 Å². The van der Waals surface area contributed by atoms with E-state index in [9.17, 15) is 0 Å². The van der Waals surface area contributed by atoms with E-state index in [1.807, 2.05) is 19.9 Å². The highest BCUT2D eigenvalue weighted by molar-refractivity contribution is 7.15. The molecule has 26 heavy (non-hydrogen) atoms. The number of nitrogens with zero attached hydrogens (tertiary/aromatic N) is 6. The topological polar surface area (TPSA) is 79.7 Å². The summed E-state index contributed by atoms with van der Waals surface area (Å²) in [6, 6.07) is 1.96. The molecule has 3 aromatic heterocycles. The van der Waals surface area contributed by atoms with Crippen molar-refractivity contribution in [3.05, 3.63) is 46.7 Å². The van der Waals surface area contributed by atoms with Crippen molar-refractivity contribution >= 4 is 28.1 Å². The molecule has 4 rings (SSSR count). The van der Waals surface area contributed by atoms with E-state index in [1.54, 1.807) is 29.9 Å². The maximum Gasteiger partial charge on any atom is 0.188 e. The SMILES string of the molecule is Cc1cc(Nc2nc(C)c(C)s2)nc([C@H]2CCN(c3cnccn3)C2)n1. The first kappa shape index (κ1) is 16.8. The number of anilines is 3. The summed E-state index contributed by atoms with van der Waals surface area (Å²) in [4.78, 5) is 26.0. The molecular formula is C18H21N7S. The van der Waals surface area contributed by atoms with E-state index < -0.39 is 0 Å². The minimum absolute atomic E-state index is 0.289. The molecule has 1 saturated heterocycles. The predicted octanol–water partition coefficient (Wildman–Crippen LogP) is 3.39. The summed E-state index contributed by atoms with van der Waals surface area (Å²) in [5.41, 5.74) is 2.01. The Morgan fingerprint density at radius 1 is 1.15 bits per heavy atom. The maximum atomic E-state index is 4.76. The van der Waals surface area contributed by atoms with Gasteiger partial charge < -0.3 is 10.2 Å². The van der Waals surface area contributed by atoms with Crippen LogP contribution in [0.3, 0.4) is 0 Å². The molecule has 0 spiro atoms. The molecule has 0 aromatic carbocycles. The van der Waals surface area contributed by atoms with Gasteiger partial charge in [-0.2, -0.15) is 0 Å². The predicted molar refractivity (Wildman–Crippen MR) is 103 cm³/mol. The average Bonchev–Trinajstić information content (AvgIpc) is 3.23. The summed E-state index contributed by atoms with van der Waals surface area (Å²) >= 11 is 1.64. The second-order valence-electron chi connectivity index (χ2n) is 6.53. The number of hydrogen-bond acceptors (Lipinski definition) is 8. The standard InChI is InChI=1S/C18H21N7S/c1-11-8-15(24-18-22-12(2)13(3)26-18)23-17(21-11)14-4-7-25(10-14)16-9-19-5-6-20-16/h5-6,8-9,14H,4,7,10H2,1-3H3,(H,21,22,23,24)/t14-/m0/s1. The van der Waals surface area contributed by atoms with Crippen molar-refractivity contribution in [2.45, 2.75) is 33.1 Å². The Balaban J connectivity index is 1.53. The molecule has 3 aromatic rings. The Bertz CT molecular complexity index is 890. The van der Waals surface area contributed by atoms with Gasteiger partial charge in [-0.05, 0) is 27.2 Å². The van der Waals surface area contributed by atoms with Gasteiger partial charge in [0.2, 0.25) is 0 Å². The van der Waals surface area contributed by atoms with E-state index in [2.05, 4.69) is 37.1 Å². The molecule has 1 aliphatic heterocycles. The van der Waals surface area contributed by atoms with E-state index in [1.165, 1.54) is 4.88 Å². The fourth-order valence-electron chi connectivity index (χ4n) is 3.11. The smallest absolute Gasteiger partial charge is 0.188 e. The van der Waals surface area contributed by atoms with Crippen LogP contribution in [-0.4, -0.2) is 38.0 Å². The van der Waals surface area contributed by atoms with Gasteiger partial charge in [0.25, 0.3) is 0 Å². The second-order valence-corrected chi connectivity index (χ2v) is 7.74. The monoisotopic (exact) mass is 367 g/mol. The Kier molecular flexibility index (Phi) is 4.50. The lowest BCUT2D eigenvalue weighted by atomic mass is 10.1. The average molecular weight is 367 g/mol. The normalized spacial score (nSPS) is 16.9. The molecule has 0 radical (unpaired) electrons. The second kappa shape index (κ2) is 6.95. The lowest BCUT2D eigenvalue weighted by Gasteiger charge is -2.16. The van der Waals surface area contributed by atoms with Gasteiger partial charge in [0.15, 0.2) is 5.13 Å². The lowest BCUT2D eigenvalue weighted by Crippen LogP contribution is -2.21. The van der Waals surface area contributed by atoms with E-state index >= 15 is 0 Å². The van der Waals surface area contributed by atoms with Crippen LogP contribution in [0.2, 0.25) is 0 Å². The maximum absolute atomic E-state index is 4.76. The Labute approximate surface area is 156 Å². The number of nitrogens with one attached hydrogen (secondary N) is 1. The van der Waals surface area contributed by atoms with E-state index in [0.717, 1.165) is 53.5 Å². The van der Waals surface area contributed by atoms with Gasteiger partial charge in [-0.15, -0.1) is 11.3 Å². The van der Waals surface area contributed by atoms with Gasteiger partial charge in [0.1, 0.15) is 17.5 Å². The molecular weight excluding hydrogens is 346 g/mol. The summed E-state index contributed by atoms with van der Waals surface area (Å²) in [6.07, 6.45) is 6.24. The molecule has 0 bridgehead atoms. The highest BCUT2D eigenvalue weighted by Crippen LogP contribution is 2.29. The van der Waals surface area contributed by atoms with Crippen molar-refractivity contribution in [2.75, 3.05) is 23.3 Å². The Morgan fingerprint density at radius 3 is 2.77 bits per heavy atom. The highest BCUT2D eigenvalue weighted by Gasteiger charge is 2.27. The zero-order valence-corrected chi connectivity index (χ0v) is 15.9. The molecule has 134 valence electrons. The van der Waals surface area contributed by atoms with Gasteiger partial charge in [-0.3, -0.25) is 4.98 Å². The summed E-state index contributed by atoms with van der Waals surface area (Å²) < 4.78 is 0. The molecule has 0 aliphatic carbocycles. The Morgan fingerprint density at radius 2 is 2.04 bits per heavy atom. The van der Waals surface area contributed by atoms with Crippen molar-refractivity contribution in [1.82, 2.24) is 24.9 Å². The Hall–Kier alpha value is -2.61. The quantitative estimate of drug-likeness (QED) is 0.757. The minimum Gasteiger partial charge on any atom is -0.355 e. The number of thiazole rings is 1. The zero-order valence-electron chi connectivity index (χ0n) is 15.1. The third-order valence-electron chi connectivity index (χ3n) is 4.56. The third-order valence-corrected chi connectivity index (χ3v) is 5.55. The third kappa shape index (κ3) is 3.50. The highest BCUT2D eigenvalue weighted by atomic mass is 32.1. The van der Waals surface area contributed by atoms with Gasteiger partial charge >= 0.3 is 0 Å². The lowest BCUT2D eigenvalue weighted by molar-refractivity contribution is 0.705. The van der Waals surface area contributed by atoms with Crippen molar-refractivity contribution in [3.8, 4) is 0 Å². The van der Waals surface area contributed by atoms with E-state index in [4.69, 9.17) is 4.98 Å². The molecule has 1 fully saturated rings. The largest absolute Gasteiger partial charge is 0.355 e. The minimum atomic E-state index is 0.289. The van der Waals surface area contributed by atoms with Crippen molar-refractivity contribution in [3.63, 3.8) is 0 Å². The van der Waals surface area contributed by atoms with Crippen molar-refractivity contribution in [1.29, 1.82) is 0 Å². The fourth-order valence-corrected chi connectivity index (χ4v) is 3.93. The van der Waals surface area contributed by atoms with Crippen LogP contribution >= 0.6 is 11.3 Å². The molecule has 1 aliphatic rings. The first-order chi connectivity index (χ1) is 12.6. The van der Waals surface area contributed by atoms with Gasteiger partial charge in [0, 0.05) is 48.0 Å². The number of aryl methyl sites for hydroxylation is 3. The van der Waals surface area contributed by atoms with Gasteiger partial charge in [-0.1, -0.05) is 0 Å². The van der Waals surface area contributed by atoms with E-state index in [-0.39, 0.29) is 5.92 Å². The zero-order chi connectivity index (χ0) is 18.1. The summed E-state index contributed by atoms with van der Waals surface area (Å²) in [7, 11) is 0. The van der Waals surface area contributed by atoms with Crippen LogP contribution in [-0.2, 0) is 0 Å². The van der Waals surface area contributed by atoms with Crippen LogP contribution in [0.1, 0.15) is 34.4 Å². The molecule has 1 N–H and O–H groups in total. The van der Waals surface area contributed by atoms with Crippen LogP contribution in [0.4, 0.5) is 16.8 Å². The van der Waals surface area contributed by atoms with Gasteiger partial charge in [-0.25, -0.2) is 19.9 Å². The van der Waals surface area contributed by atoms with Gasteiger partial charge in [0.05, 0.1) is 11.9 Å². The number of rotatable bonds is 4. The summed E-state index contributed by atoms with van der Waals surface area (Å²) in [6.45, 7) is 7.90. The molecule has 0 amide bonds. The first-order valence-corrected chi connectivity index (χ1v) is 9.48. The fraction of sp³-hybridized carbons (Fsp3) is 0.389. The van der Waals surface area contributed by atoms with Crippen LogP contribution in [0.5, 0.6) is 0 Å². The molecule has 4 heterocycles. The molecule has 8 heteroatoms.